The second kappa shape index (κ2) is 3.09. The maximum atomic E-state index is 11.3. The molecule has 1 aromatic carbocycles. The van der Waals surface area contributed by atoms with Gasteiger partial charge >= 0.3 is 0 Å². The highest BCUT2D eigenvalue weighted by atomic mass is 32.2. The molecule has 1 heterocycles. The van der Waals surface area contributed by atoms with E-state index in [1.54, 1.807) is 10.9 Å². The smallest absolute Gasteiger partial charge is 0.268 e. The summed E-state index contributed by atoms with van der Waals surface area (Å²) in [7, 11) is -3.59. The minimum Gasteiger partial charge on any atom is -0.344 e. The fraction of sp³-hybridized carbons (Fsp3) is 0. The normalized spacial score (nSPS) is 12.1. The van der Waals surface area contributed by atoms with Gasteiger partial charge in [0.15, 0.2) is 0 Å². The summed E-state index contributed by atoms with van der Waals surface area (Å²) < 4.78 is 22.6. The van der Waals surface area contributed by atoms with E-state index in [2.05, 4.69) is 4.98 Å². The number of rotatable bonds is 2. The number of hydrogen-bond donors (Lipinski definition) is 3. The van der Waals surface area contributed by atoms with Crippen LogP contribution in [0.2, 0.25) is 0 Å². The van der Waals surface area contributed by atoms with Crippen LogP contribution < -0.4 is 10.7 Å². The quantitative estimate of drug-likeness (QED) is 0.493. The minimum absolute atomic E-state index is 0.0706. The van der Waals surface area contributed by atoms with Crippen LogP contribution in [-0.2, 0) is 10.0 Å². The molecular weight excluding hydrogens is 202 g/mol. The zero-order chi connectivity index (χ0) is 10.2. The summed E-state index contributed by atoms with van der Waals surface area (Å²) in [5.41, 5.74) is 0.765. The lowest BCUT2D eigenvalue weighted by molar-refractivity contribution is 0.581. The molecule has 6 heteroatoms. The van der Waals surface area contributed by atoms with E-state index in [-0.39, 0.29) is 5.03 Å². The molecule has 1 aromatic heterocycles. The Morgan fingerprint density at radius 1 is 1.29 bits per heavy atom. The molecule has 2 rings (SSSR count). The predicted molar refractivity (Wildman–Crippen MR) is 52.8 cm³/mol. The van der Waals surface area contributed by atoms with Gasteiger partial charge in [0.25, 0.3) is 10.0 Å². The summed E-state index contributed by atoms with van der Waals surface area (Å²) >= 11 is 0. The van der Waals surface area contributed by atoms with Crippen molar-refractivity contribution in [1.82, 2.24) is 9.82 Å². The van der Waals surface area contributed by atoms with Gasteiger partial charge in [0.05, 0.1) is 0 Å². The number of aromatic amines is 1. The van der Waals surface area contributed by atoms with Gasteiger partial charge in [-0.2, -0.15) is 0 Å². The first kappa shape index (κ1) is 9.20. The molecule has 0 aliphatic carbocycles. The van der Waals surface area contributed by atoms with Crippen LogP contribution in [0.15, 0.2) is 35.4 Å². The molecule has 0 saturated heterocycles. The Balaban J connectivity index is 2.67. The SMILES string of the molecule is NNS(=O)(=O)c1cc2ccccc2[nH]1. The van der Waals surface area contributed by atoms with Crippen molar-refractivity contribution >= 4 is 20.9 Å². The van der Waals surface area contributed by atoms with Crippen molar-refractivity contribution < 1.29 is 8.42 Å². The molecule has 0 radical (unpaired) electrons. The average Bonchev–Trinajstić information content (AvgIpc) is 2.61. The van der Waals surface area contributed by atoms with Crippen LogP contribution >= 0.6 is 0 Å². The maximum absolute atomic E-state index is 11.3. The highest BCUT2D eigenvalue weighted by molar-refractivity contribution is 7.89. The van der Waals surface area contributed by atoms with E-state index in [1.807, 2.05) is 18.2 Å². The number of H-pyrrole nitrogens is 1. The second-order valence-corrected chi connectivity index (χ2v) is 4.52. The Morgan fingerprint density at radius 2 is 2.00 bits per heavy atom. The van der Waals surface area contributed by atoms with Crippen molar-refractivity contribution in [1.29, 1.82) is 0 Å². The Bertz CT molecular complexity index is 526. The molecule has 5 nitrogen and oxygen atoms in total. The number of nitrogens with one attached hydrogen (secondary N) is 2. The molecule has 0 aliphatic heterocycles. The Labute approximate surface area is 80.9 Å². The third-order valence-electron chi connectivity index (χ3n) is 1.95. The standard InChI is InChI=1S/C8H9N3O2S/c9-11-14(12,13)8-5-6-3-1-2-4-7(6)10-8/h1-5,10-11H,9H2. The van der Waals surface area contributed by atoms with Crippen molar-refractivity contribution in [2.45, 2.75) is 5.03 Å². The molecule has 0 amide bonds. The first-order valence-electron chi connectivity index (χ1n) is 3.93. The predicted octanol–water partition coefficient (Wildman–Crippen LogP) is 0.320. The highest BCUT2D eigenvalue weighted by Gasteiger charge is 2.14. The highest BCUT2D eigenvalue weighted by Crippen LogP contribution is 2.17. The summed E-state index contributed by atoms with van der Waals surface area (Å²) in [6, 6.07) is 8.81. The van der Waals surface area contributed by atoms with Gasteiger partial charge in [-0.05, 0) is 12.1 Å². The molecule has 0 saturated carbocycles. The molecule has 0 fully saturated rings. The minimum atomic E-state index is -3.59. The van der Waals surface area contributed by atoms with E-state index < -0.39 is 10.0 Å². The van der Waals surface area contributed by atoms with Crippen LogP contribution in [0.25, 0.3) is 10.9 Å². The van der Waals surface area contributed by atoms with Gasteiger partial charge in [0.1, 0.15) is 5.03 Å². The summed E-state index contributed by atoms with van der Waals surface area (Å²) in [6.07, 6.45) is 0. The van der Waals surface area contributed by atoms with E-state index in [4.69, 9.17) is 5.84 Å². The molecule has 74 valence electrons. The fourth-order valence-corrected chi connectivity index (χ4v) is 1.91. The van der Waals surface area contributed by atoms with Crippen molar-refractivity contribution in [3.05, 3.63) is 30.3 Å². The zero-order valence-corrected chi connectivity index (χ0v) is 8.01. The molecule has 0 bridgehead atoms. The van der Waals surface area contributed by atoms with Gasteiger partial charge in [-0.3, -0.25) is 5.84 Å². The monoisotopic (exact) mass is 211 g/mol. The van der Waals surface area contributed by atoms with Crippen molar-refractivity contribution in [2.75, 3.05) is 0 Å². The number of nitrogens with two attached hydrogens (primary N) is 1. The molecule has 0 aliphatic rings. The van der Waals surface area contributed by atoms with Gasteiger partial charge in [0.2, 0.25) is 0 Å². The molecule has 0 atom stereocenters. The fourth-order valence-electron chi connectivity index (χ4n) is 1.25. The van der Waals surface area contributed by atoms with Crippen molar-refractivity contribution in [2.24, 2.45) is 5.84 Å². The number of fused-ring (bicyclic) bond motifs is 1. The van der Waals surface area contributed by atoms with E-state index in [0.717, 1.165) is 10.9 Å². The average molecular weight is 211 g/mol. The summed E-state index contributed by atoms with van der Waals surface area (Å²) in [6.45, 7) is 0. The van der Waals surface area contributed by atoms with E-state index in [0.29, 0.717) is 0 Å². The van der Waals surface area contributed by atoms with E-state index in [9.17, 15) is 8.42 Å². The largest absolute Gasteiger partial charge is 0.344 e. The van der Waals surface area contributed by atoms with Gasteiger partial charge in [-0.1, -0.05) is 18.2 Å². The first-order chi connectivity index (χ1) is 6.63. The van der Waals surface area contributed by atoms with Gasteiger partial charge < -0.3 is 4.98 Å². The van der Waals surface area contributed by atoms with Crippen LogP contribution in [0.5, 0.6) is 0 Å². The van der Waals surface area contributed by atoms with Crippen LogP contribution in [0.3, 0.4) is 0 Å². The van der Waals surface area contributed by atoms with Gasteiger partial charge in [-0.15, -0.1) is 4.83 Å². The lowest BCUT2D eigenvalue weighted by Crippen LogP contribution is -2.30. The summed E-state index contributed by atoms with van der Waals surface area (Å²) in [5, 5.41) is 0.905. The number of benzene rings is 1. The Hall–Kier alpha value is -1.37. The van der Waals surface area contributed by atoms with Crippen LogP contribution in [0.1, 0.15) is 0 Å². The van der Waals surface area contributed by atoms with Crippen LogP contribution in [0.4, 0.5) is 0 Å². The molecule has 0 unspecified atom stereocenters. The number of hydrazine groups is 1. The Kier molecular flexibility index (Phi) is 2.03. The van der Waals surface area contributed by atoms with E-state index in [1.165, 1.54) is 6.07 Å². The number of aromatic nitrogens is 1. The lowest BCUT2D eigenvalue weighted by Gasteiger charge is -1.96. The maximum Gasteiger partial charge on any atom is 0.268 e. The van der Waals surface area contributed by atoms with Crippen LogP contribution in [0, 0.1) is 0 Å². The molecule has 0 spiro atoms. The van der Waals surface area contributed by atoms with Gasteiger partial charge in [0, 0.05) is 10.9 Å². The molecule has 2 aromatic rings. The molecular formula is C8H9N3O2S. The molecule has 14 heavy (non-hydrogen) atoms. The zero-order valence-electron chi connectivity index (χ0n) is 7.19. The second-order valence-electron chi connectivity index (χ2n) is 2.84. The van der Waals surface area contributed by atoms with Crippen LogP contribution in [-0.4, -0.2) is 13.4 Å². The third kappa shape index (κ3) is 1.39. The first-order valence-corrected chi connectivity index (χ1v) is 5.42. The summed E-state index contributed by atoms with van der Waals surface area (Å²) in [5.74, 6) is 4.90. The number of para-hydroxylation sites is 1. The lowest BCUT2D eigenvalue weighted by atomic mass is 10.3. The summed E-state index contributed by atoms with van der Waals surface area (Å²) in [4.78, 5) is 4.52. The van der Waals surface area contributed by atoms with Crippen molar-refractivity contribution in [3.63, 3.8) is 0 Å². The number of hydrogen-bond acceptors (Lipinski definition) is 3. The van der Waals surface area contributed by atoms with Crippen molar-refractivity contribution in [3.8, 4) is 0 Å². The Morgan fingerprint density at radius 3 is 2.64 bits per heavy atom. The van der Waals surface area contributed by atoms with E-state index >= 15 is 0 Å². The van der Waals surface area contributed by atoms with Gasteiger partial charge in [-0.25, -0.2) is 8.42 Å². The number of sulfonamides is 1. The third-order valence-corrected chi connectivity index (χ3v) is 3.06. The topological polar surface area (TPSA) is 88.0 Å². The molecule has 4 N–H and O–H groups in total.